The molecule has 0 radical (unpaired) electrons. The van der Waals surface area contributed by atoms with Crippen LogP contribution in [0.2, 0.25) is 0 Å². The third kappa shape index (κ3) is 7.41. The van der Waals surface area contributed by atoms with E-state index in [0.29, 0.717) is 35.7 Å². The van der Waals surface area contributed by atoms with E-state index in [1.54, 1.807) is 0 Å². The summed E-state index contributed by atoms with van der Waals surface area (Å²) >= 11 is 0. The van der Waals surface area contributed by atoms with Crippen LogP contribution in [0.5, 0.6) is 0 Å². The van der Waals surface area contributed by atoms with Crippen molar-refractivity contribution >= 4 is 23.8 Å². The van der Waals surface area contributed by atoms with E-state index in [1.807, 2.05) is 7.05 Å². The summed E-state index contributed by atoms with van der Waals surface area (Å²) in [5, 5.41) is 10.6. The highest BCUT2D eigenvalue weighted by atomic mass is 16.1. The summed E-state index contributed by atoms with van der Waals surface area (Å²) in [4.78, 5) is 30.9. The molecule has 0 spiro atoms. The standard InChI is InChI=1S/C26H47N9O/c1-17(2)14-34(4)26-32-24(29-21-9-12-35(16-21)15-19-7-10-28-11-8-19)31-25(33-26)30-22-13-20(23(27)36)6-5-18(22)3/h17-22,28H,5-16H2,1-4H3,(H2,27,36)(H2,29,30,31,32,33). The normalized spacial score (nSPS) is 27.8. The van der Waals surface area contributed by atoms with Gasteiger partial charge in [-0.3, -0.25) is 4.79 Å². The van der Waals surface area contributed by atoms with Crippen LogP contribution in [0.3, 0.4) is 0 Å². The Morgan fingerprint density at radius 2 is 1.83 bits per heavy atom. The molecule has 10 heteroatoms. The number of likely N-dealkylation sites (tertiary alicyclic amines) is 1. The second-order valence-electron chi connectivity index (χ2n) is 11.8. The molecular weight excluding hydrogens is 454 g/mol. The predicted octanol–water partition coefficient (Wildman–Crippen LogP) is 2.15. The molecular formula is C26H47N9O. The number of carbonyl (C=O) groups excluding carboxylic acids is 1. The Hall–Kier alpha value is -2.20. The first-order valence-electron chi connectivity index (χ1n) is 14.0. The minimum absolute atomic E-state index is 0.0920. The van der Waals surface area contributed by atoms with Gasteiger partial charge in [0.1, 0.15) is 0 Å². The van der Waals surface area contributed by atoms with E-state index < -0.39 is 0 Å². The van der Waals surface area contributed by atoms with Gasteiger partial charge in [0.05, 0.1) is 0 Å². The zero-order valence-electron chi connectivity index (χ0n) is 22.7. The Morgan fingerprint density at radius 3 is 2.53 bits per heavy atom. The highest BCUT2D eigenvalue weighted by molar-refractivity contribution is 5.76. The van der Waals surface area contributed by atoms with Crippen molar-refractivity contribution in [2.45, 2.75) is 71.4 Å². The smallest absolute Gasteiger partial charge is 0.231 e. The van der Waals surface area contributed by atoms with Crippen LogP contribution in [-0.4, -0.2) is 84.2 Å². The molecule has 3 aliphatic rings. The lowest BCUT2D eigenvalue weighted by Gasteiger charge is -2.33. The van der Waals surface area contributed by atoms with Crippen molar-refractivity contribution in [1.82, 2.24) is 25.2 Å². The minimum atomic E-state index is -0.209. The van der Waals surface area contributed by atoms with E-state index >= 15 is 0 Å². The Bertz CT molecular complexity index is 860. The van der Waals surface area contributed by atoms with E-state index in [2.05, 4.69) is 46.5 Å². The second kappa shape index (κ2) is 12.4. The zero-order chi connectivity index (χ0) is 25.7. The topological polar surface area (TPSA) is 124 Å². The van der Waals surface area contributed by atoms with Gasteiger partial charge in [0.2, 0.25) is 23.8 Å². The molecule has 3 heterocycles. The van der Waals surface area contributed by atoms with Gasteiger partial charge in [0.25, 0.3) is 0 Å². The van der Waals surface area contributed by atoms with Gasteiger partial charge in [-0.1, -0.05) is 20.8 Å². The summed E-state index contributed by atoms with van der Waals surface area (Å²) in [7, 11) is 2.03. The molecule has 3 fully saturated rings. The zero-order valence-corrected chi connectivity index (χ0v) is 22.7. The number of anilines is 3. The number of nitrogens with zero attached hydrogens (tertiary/aromatic N) is 5. The van der Waals surface area contributed by atoms with Crippen LogP contribution in [-0.2, 0) is 4.79 Å². The lowest BCUT2D eigenvalue weighted by Crippen LogP contribution is -2.39. The van der Waals surface area contributed by atoms with Crippen LogP contribution in [0, 0.1) is 23.7 Å². The van der Waals surface area contributed by atoms with Gasteiger partial charge >= 0.3 is 0 Å². The van der Waals surface area contributed by atoms with Gasteiger partial charge in [0.15, 0.2) is 0 Å². The minimum Gasteiger partial charge on any atom is -0.369 e. The Balaban J connectivity index is 1.44. The first-order valence-corrected chi connectivity index (χ1v) is 14.0. The fraction of sp³-hybridized carbons (Fsp3) is 0.846. The first-order chi connectivity index (χ1) is 17.3. The summed E-state index contributed by atoms with van der Waals surface area (Å²) in [6.45, 7) is 13.1. The van der Waals surface area contributed by atoms with E-state index in [0.717, 1.165) is 64.3 Å². The fourth-order valence-corrected chi connectivity index (χ4v) is 5.97. The molecule has 2 aliphatic heterocycles. The molecule has 2 saturated heterocycles. The van der Waals surface area contributed by atoms with Gasteiger partial charge in [-0.15, -0.1) is 0 Å². The number of amides is 1. The first kappa shape index (κ1) is 26.9. The largest absolute Gasteiger partial charge is 0.369 e. The maximum atomic E-state index is 11.8. The number of nitrogens with one attached hydrogen (secondary N) is 3. The van der Waals surface area contributed by atoms with Gasteiger partial charge in [-0.2, -0.15) is 15.0 Å². The molecule has 4 unspecified atom stereocenters. The van der Waals surface area contributed by atoms with Crippen molar-refractivity contribution in [3.8, 4) is 0 Å². The van der Waals surface area contributed by atoms with E-state index in [4.69, 9.17) is 20.7 Å². The summed E-state index contributed by atoms with van der Waals surface area (Å²) in [6, 6.07) is 0.444. The van der Waals surface area contributed by atoms with Crippen LogP contribution in [0.1, 0.15) is 59.3 Å². The molecule has 1 amide bonds. The van der Waals surface area contributed by atoms with Crippen molar-refractivity contribution in [2.24, 2.45) is 29.4 Å². The molecule has 10 nitrogen and oxygen atoms in total. The molecule has 1 aromatic rings. The Morgan fingerprint density at radius 1 is 1.11 bits per heavy atom. The van der Waals surface area contributed by atoms with Crippen molar-refractivity contribution in [2.75, 3.05) is 61.8 Å². The number of hydrogen-bond donors (Lipinski definition) is 4. The number of piperidine rings is 1. The summed E-state index contributed by atoms with van der Waals surface area (Å²) in [5.41, 5.74) is 5.63. The van der Waals surface area contributed by atoms with E-state index in [-0.39, 0.29) is 17.9 Å². The SMILES string of the molecule is CC(C)CN(C)c1nc(NC2CCN(CC3CCNCC3)C2)nc(NC2CC(C(N)=O)CCC2C)n1. The number of rotatable bonds is 10. The van der Waals surface area contributed by atoms with Gasteiger partial charge < -0.3 is 31.5 Å². The summed E-state index contributed by atoms with van der Waals surface area (Å²) in [5.74, 6) is 3.28. The van der Waals surface area contributed by atoms with Gasteiger partial charge in [0, 0.05) is 51.2 Å². The van der Waals surface area contributed by atoms with Gasteiger partial charge in [-0.25, -0.2) is 0 Å². The molecule has 202 valence electrons. The molecule has 5 N–H and O–H groups in total. The second-order valence-corrected chi connectivity index (χ2v) is 11.8. The average molecular weight is 502 g/mol. The Kier molecular flexibility index (Phi) is 9.22. The Labute approximate surface area is 216 Å². The fourth-order valence-electron chi connectivity index (χ4n) is 5.97. The molecule has 1 aliphatic carbocycles. The van der Waals surface area contributed by atoms with Crippen molar-refractivity contribution < 1.29 is 4.79 Å². The lowest BCUT2D eigenvalue weighted by molar-refractivity contribution is -0.123. The summed E-state index contributed by atoms with van der Waals surface area (Å²) < 4.78 is 0. The molecule has 1 aromatic heterocycles. The van der Waals surface area contributed by atoms with Crippen molar-refractivity contribution in [1.29, 1.82) is 0 Å². The van der Waals surface area contributed by atoms with E-state index in [1.165, 1.54) is 19.4 Å². The lowest BCUT2D eigenvalue weighted by atomic mass is 9.79. The van der Waals surface area contributed by atoms with Gasteiger partial charge in [-0.05, 0) is 69.4 Å². The van der Waals surface area contributed by atoms with E-state index in [9.17, 15) is 4.79 Å². The quantitative estimate of drug-likeness (QED) is 0.382. The molecule has 4 rings (SSSR count). The van der Waals surface area contributed by atoms with Crippen LogP contribution >= 0.6 is 0 Å². The number of carbonyl (C=O) groups is 1. The van der Waals surface area contributed by atoms with Crippen LogP contribution in [0.15, 0.2) is 0 Å². The molecule has 0 aromatic carbocycles. The van der Waals surface area contributed by atoms with Crippen LogP contribution < -0.4 is 26.6 Å². The number of primary amides is 1. The predicted molar refractivity (Wildman–Crippen MR) is 145 cm³/mol. The van der Waals surface area contributed by atoms with Crippen molar-refractivity contribution in [3.63, 3.8) is 0 Å². The van der Waals surface area contributed by atoms with Crippen LogP contribution in [0.25, 0.3) is 0 Å². The third-order valence-electron chi connectivity index (χ3n) is 8.10. The van der Waals surface area contributed by atoms with Crippen LogP contribution in [0.4, 0.5) is 17.8 Å². The number of nitrogens with two attached hydrogens (primary N) is 1. The molecule has 1 saturated carbocycles. The number of aromatic nitrogens is 3. The maximum Gasteiger partial charge on any atom is 0.231 e. The highest BCUT2D eigenvalue weighted by Gasteiger charge is 2.32. The maximum absolute atomic E-state index is 11.8. The molecule has 4 atom stereocenters. The third-order valence-corrected chi connectivity index (χ3v) is 8.10. The monoisotopic (exact) mass is 501 g/mol. The average Bonchev–Trinajstić information content (AvgIpc) is 3.27. The molecule has 0 bridgehead atoms. The summed E-state index contributed by atoms with van der Waals surface area (Å²) in [6.07, 6.45) is 6.19. The number of hydrogen-bond acceptors (Lipinski definition) is 9. The van der Waals surface area contributed by atoms with Crippen molar-refractivity contribution in [3.05, 3.63) is 0 Å². The molecule has 36 heavy (non-hydrogen) atoms. The highest BCUT2D eigenvalue weighted by Crippen LogP contribution is 2.31.